The smallest absolute Gasteiger partial charge is 0.416 e. The number of anilines is 1. The van der Waals surface area contributed by atoms with Gasteiger partial charge in [0.2, 0.25) is 0 Å². The molecular weight excluding hydrogens is 610 g/mol. The zero-order valence-corrected chi connectivity index (χ0v) is 24.7. The second-order valence-corrected chi connectivity index (χ2v) is 11.2. The van der Waals surface area contributed by atoms with Gasteiger partial charge in [0, 0.05) is 61.9 Å². The Morgan fingerprint density at radius 2 is 1.63 bits per heavy atom. The van der Waals surface area contributed by atoms with Gasteiger partial charge in [-0.2, -0.15) is 13.2 Å². The fraction of sp³-hybridized carbons (Fsp3) is 0.344. The van der Waals surface area contributed by atoms with Gasteiger partial charge < -0.3 is 29.2 Å². The maximum atomic E-state index is 14.1. The number of benzene rings is 3. The Kier molecular flexibility index (Phi) is 8.97. The van der Waals surface area contributed by atoms with Gasteiger partial charge in [0.25, 0.3) is 0 Å². The number of imidazole rings is 1. The monoisotopic (exact) mass is 641 g/mol. The number of hydrogen-bond donors (Lipinski definition) is 0. The van der Waals surface area contributed by atoms with Crippen molar-refractivity contribution in [2.24, 2.45) is 0 Å². The van der Waals surface area contributed by atoms with Crippen LogP contribution in [0.5, 0.6) is 17.5 Å². The van der Waals surface area contributed by atoms with E-state index in [-0.39, 0.29) is 30.1 Å². The number of nitro groups is 1. The average molecular weight is 642 g/mol. The first kappa shape index (κ1) is 31.1. The van der Waals surface area contributed by atoms with E-state index in [1.807, 2.05) is 36.4 Å². The number of hydrogen-bond acceptors (Lipinski definition) is 8. The Morgan fingerprint density at radius 1 is 0.935 bits per heavy atom. The summed E-state index contributed by atoms with van der Waals surface area (Å²) < 4.78 is 71.3. The molecule has 2 aliphatic heterocycles. The SMILES string of the molecule is O=[N+]([O-])c1cn2c(n1)O[C@@H](COc1ccc(N3CCN(Cc4ccc(OCc5ccc(C(F)(F)F)cc5F)cc4)CC3)cc1)CC2. The summed E-state index contributed by atoms with van der Waals surface area (Å²) in [7, 11) is 0. The number of fused-ring (bicyclic) bond motifs is 1. The normalized spacial score (nSPS) is 16.9. The van der Waals surface area contributed by atoms with Crippen LogP contribution in [0.15, 0.2) is 72.9 Å². The molecule has 3 aromatic carbocycles. The molecular formula is C32H31F4N5O5. The maximum Gasteiger partial charge on any atom is 0.416 e. The van der Waals surface area contributed by atoms with Crippen LogP contribution in [0.4, 0.5) is 29.1 Å². The molecule has 4 aromatic rings. The van der Waals surface area contributed by atoms with E-state index in [0.29, 0.717) is 37.1 Å². The average Bonchev–Trinajstić information content (AvgIpc) is 3.48. The third-order valence-electron chi connectivity index (χ3n) is 7.99. The number of aromatic nitrogens is 2. The molecule has 14 heteroatoms. The van der Waals surface area contributed by atoms with E-state index in [9.17, 15) is 27.7 Å². The molecule has 6 rings (SSSR count). The second kappa shape index (κ2) is 13.3. The topological polar surface area (TPSA) is 95.1 Å². The molecule has 1 fully saturated rings. The Morgan fingerprint density at radius 3 is 2.30 bits per heavy atom. The number of piperazine rings is 1. The Balaban J connectivity index is 0.922. The van der Waals surface area contributed by atoms with E-state index in [4.69, 9.17) is 14.2 Å². The maximum absolute atomic E-state index is 14.1. The van der Waals surface area contributed by atoms with E-state index in [0.717, 1.165) is 56.1 Å². The van der Waals surface area contributed by atoms with Crippen molar-refractivity contribution in [3.63, 3.8) is 0 Å². The van der Waals surface area contributed by atoms with Crippen molar-refractivity contribution in [3.05, 3.63) is 106 Å². The van der Waals surface area contributed by atoms with Crippen LogP contribution in [0.3, 0.4) is 0 Å². The molecule has 0 bridgehead atoms. The molecule has 0 spiro atoms. The van der Waals surface area contributed by atoms with E-state index in [2.05, 4.69) is 14.8 Å². The number of halogens is 4. The molecule has 0 aliphatic carbocycles. The number of alkyl halides is 3. The standard InChI is InChI=1S/C32H31F4N5O5/c33-29-17-24(32(34,35)36)4-3-23(29)20-44-26-7-1-22(2-8-26)18-38-13-15-39(16-14-38)25-5-9-27(10-6-25)45-21-28-11-12-40-19-30(41(42)43)37-31(40)46-28/h1-10,17,19,28H,11-16,18,20-21H2/t28-/m1/s1. The molecule has 1 atom stereocenters. The molecule has 0 unspecified atom stereocenters. The van der Waals surface area contributed by atoms with Gasteiger partial charge in [-0.1, -0.05) is 18.2 Å². The largest absolute Gasteiger partial charge is 0.490 e. The molecule has 2 aliphatic rings. The van der Waals surface area contributed by atoms with Gasteiger partial charge in [-0.3, -0.25) is 9.47 Å². The lowest BCUT2D eigenvalue weighted by atomic mass is 10.1. The molecule has 3 heterocycles. The number of rotatable bonds is 10. The predicted molar refractivity (Wildman–Crippen MR) is 160 cm³/mol. The highest BCUT2D eigenvalue weighted by atomic mass is 19.4. The fourth-order valence-electron chi connectivity index (χ4n) is 5.39. The third-order valence-corrected chi connectivity index (χ3v) is 7.99. The fourth-order valence-corrected chi connectivity index (χ4v) is 5.39. The molecule has 1 saturated heterocycles. The molecule has 0 radical (unpaired) electrons. The van der Waals surface area contributed by atoms with Crippen molar-refractivity contribution in [2.45, 2.75) is 38.4 Å². The summed E-state index contributed by atoms with van der Waals surface area (Å²) in [6.45, 7) is 4.92. The first-order valence-corrected chi connectivity index (χ1v) is 14.8. The van der Waals surface area contributed by atoms with Crippen molar-refractivity contribution in [1.29, 1.82) is 0 Å². The lowest BCUT2D eigenvalue weighted by molar-refractivity contribution is -0.389. The van der Waals surface area contributed by atoms with Crippen molar-refractivity contribution < 1.29 is 36.7 Å². The molecule has 46 heavy (non-hydrogen) atoms. The van der Waals surface area contributed by atoms with Gasteiger partial charge in [-0.05, 0) is 59.0 Å². The predicted octanol–water partition coefficient (Wildman–Crippen LogP) is 6.08. The van der Waals surface area contributed by atoms with Gasteiger partial charge in [0.15, 0.2) is 0 Å². The molecule has 0 N–H and O–H groups in total. The van der Waals surface area contributed by atoms with Crippen molar-refractivity contribution in [3.8, 4) is 17.5 Å². The summed E-state index contributed by atoms with van der Waals surface area (Å²) in [5.41, 5.74) is 1.21. The van der Waals surface area contributed by atoms with Crippen LogP contribution in [0, 0.1) is 15.9 Å². The van der Waals surface area contributed by atoms with E-state index < -0.39 is 22.5 Å². The number of nitrogens with zero attached hydrogens (tertiary/aromatic N) is 5. The van der Waals surface area contributed by atoms with Gasteiger partial charge in [0.1, 0.15) is 42.8 Å². The van der Waals surface area contributed by atoms with Crippen LogP contribution < -0.4 is 19.1 Å². The molecule has 1 aromatic heterocycles. The van der Waals surface area contributed by atoms with Crippen LogP contribution in [0.1, 0.15) is 23.1 Å². The minimum absolute atomic E-state index is 0.0527. The quantitative estimate of drug-likeness (QED) is 0.117. The van der Waals surface area contributed by atoms with Gasteiger partial charge in [-0.15, -0.1) is 0 Å². The van der Waals surface area contributed by atoms with E-state index in [1.54, 1.807) is 16.7 Å². The second-order valence-electron chi connectivity index (χ2n) is 11.2. The van der Waals surface area contributed by atoms with Crippen LogP contribution >= 0.6 is 0 Å². The molecule has 10 nitrogen and oxygen atoms in total. The van der Waals surface area contributed by atoms with E-state index >= 15 is 0 Å². The van der Waals surface area contributed by atoms with Crippen molar-refractivity contribution >= 4 is 11.5 Å². The summed E-state index contributed by atoms with van der Waals surface area (Å²) in [5.74, 6) is 0.0339. The van der Waals surface area contributed by atoms with Gasteiger partial charge in [0.05, 0.1) is 5.56 Å². The minimum atomic E-state index is -4.60. The van der Waals surface area contributed by atoms with E-state index in [1.165, 1.54) is 6.20 Å². The molecule has 242 valence electrons. The first-order chi connectivity index (χ1) is 22.1. The van der Waals surface area contributed by atoms with Gasteiger partial charge in [-0.25, -0.2) is 4.39 Å². The first-order valence-electron chi connectivity index (χ1n) is 14.8. The zero-order valence-electron chi connectivity index (χ0n) is 24.7. The van der Waals surface area contributed by atoms with Crippen LogP contribution in [-0.4, -0.2) is 58.3 Å². The Hall–Kier alpha value is -4.85. The summed E-state index contributed by atoms with van der Waals surface area (Å²) >= 11 is 0. The summed E-state index contributed by atoms with van der Waals surface area (Å²) in [6, 6.07) is 18.0. The lowest BCUT2D eigenvalue weighted by Crippen LogP contribution is -2.45. The zero-order chi connectivity index (χ0) is 32.3. The minimum Gasteiger partial charge on any atom is -0.490 e. The number of aryl methyl sites for hydroxylation is 1. The van der Waals surface area contributed by atoms with Gasteiger partial charge >= 0.3 is 18.0 Å². The highest BCUT2D eigenvalue weighted by Crippen LogP contribution is 2.31. The molecule has 0 saturated carbocycles. The summed E-state index contributed by atoms with van der Waals surface area (Å²) in [4.78, 5) is 19.0. The Labute approximate surface area is 261 Å². The van der Waals surface area contributed by atoms with Crippen molar-refractivity contribution in [1.82, 2.24) is 14.5 Å². The Bertz CT molecular complexity index is 1660. The molecule has 0 amide bonds. The summed E-state index contributed by atoms with van der Waals surface area (Å²) in [6.07, 6.45) is -2.80. The highest BCUT2D eigenvalue weighted by molar-refractivity contribution is 5.49. The third kappa shape index (κ3) is 7.50. The van der Waals surface area contributed by atoms with Crippen LogP contribution in [0.2, 0.25) is 0 Å². The lowest BCUT2D eigenvalue weighted by Gasteiger charge is -2.36. The van der Waals surface area contributed by atoms with Crippen molar-refractivity contribution in [2.75, 3.05) is 37.7 Å². The summed E-state index contributed by atoms with van der Waals surface area (Å²) in [5, 5.41) is 11.0. The number of ether oxygens (including phenoxy) is 3. The van der Waals surface area contributed by atoms with Crippen LogP contribution in [0.25, 0.3) is 0 Å². The van der Waals surface area contributed by atoms with Crippen LogP contribution in [-0.2, 0) is 25.9 Å². The highest BCUT2D eigenvalue weighted by Gasteiger charge is 2.31.